The predicted molar refractivity (Wildman–Crippen MR) is 75.8 cm³/mol. The Bertz CT molecular complexity index is 561. The third-order valence-corrected chi connectivity index (χ3v) is 4.05. The minimum atomic E-state index is 0.0384. The van der Waals surface area contributed by atoms with Gasteiger partial charge in [0.2, 0.25) is 0 Å². The molecule has 1 unspecified atom stereocenters. The van der Waals surface area contributed by atoms with Crippen molar-refractivity contribution in [3.63, 3.8) is 0 Å². The number of rotatable bonds is 4. The molecular weight excluding hydrogens is 234 g/mol. The van der Waals surface area contributed by atoms with Gasteiger partial charge in [0.1, 0.15) is 0 Å². The summed E-state index contributed by atoms with van der Waals surface area (Å²) in [6.45, 7) is 0.570. The third-order valence-electron chi connectivity index (χ3n) is 4.05. The van der Waals surface area contributed by atoms with E-state index in [2.05, 4.69) is 58.6 Å². The van der Waals surface area contributed by atoms with E-state index in [1.165, 1.54) is 11.1 Å². The first-order valence-electron chi connectivity index (χ1n) is 6.50. The highest BCUT2D eigenvalue weighted by atomic mass is 15.1. The van der Waals surface area contributed by atoms with Crippen LogP contribution >= 0.6 is 0 Å². The summed E-state index contributed by atoms with van der Waals surface area (Å²) in [7, 11) is 0. The van der Waals surface area contributed by atoms with Gasteiger partial charge in [-0.15, -0.1) is 0 Å². The predicted octanol–water partition coefficient (Wildman–Crippen LogP) is 4.30. The minimum absolute atomic E-state index is 0.0384. The Labute approximate surface area is 112 Å². The maximum atomic E-state index is 8.51. The highest BCUT2D eigenvalue weighted by Crippen LogP contribution is 2.58. The van der Waals surface area contributed by atoms with Gasteiger partial charge in [-0.05, 0) is 29.0 Å². The van der Waals surface area contributed by atoms with Crippen molar-refractivity contribution < 1.29 is 0 Å². The van der Waals surface area contributed by atoms with Crippen LogP contribution in [-0.4, -0.2) is 6.54 Å². The lowest BCUT2D eigenvalue weighted by molar-refractivity contribution is 0.701. The Hall–Kier alpha value is -2.25. The van der Waals surface area contributed by atoms with E-state index in [9.17, 15) is 0 Å². The molecule has 0 saturated heterocycles. The highest BCUT2D eigenvalue weighted by Gasteiger charge is 2.55. The van der Waals surface area contributed by atoms with Crippen molar-refractivity contribution in [3.05, 3.63) is 82.2 Å². The van der Waals surface area contributed by atoms with Gasteiger partial charge < -0.3 is 0 Å². The fourth-order valence-corrected chi connectivity index (χ4v) is 3.03. The first-order valence-corrected chi connectivity index (χ1v) is 6.50. The van der Waals surface area contributed by atoms with Gasteiger partial charge in [-0.3, -0.25) is 0 Å². The molecule has 1 aliphatic carbocycles. The lowest BCUT2D eigenvalue weighted by Crippen LogP contribution is -2.13. The van der Waals surface area contributed by atoms with Gasteiger partial charge >= 0.3 is 0 Å². The summed E-state index contributed by atoms with van der Waals surface area (Å²) in [6, 6.07) is 21.0. The molecule has 0 bridgehead atoms. The van der Waals surface area contributed by atoms with Crippen molar-refractivity contribution in [1.82, 2.24) is 0 Å². The maximum absolute atomic E-state index is 8.51. The van der Waals surface area contributed by atoms with Gasteiger partial charge in [0, 0.05) is 16.9 Å². The Morgan fingerprint density at radius 2 is 1.53 bits per heavy atom. The third kappa shape index (κ3) is 1.98. The molecule has 1 aliphatic rings. The highest BCUT2D eigenvalue weighted by molar-refractivity contribution is 5.47. The number of hydrogen-bond acceptors (Lipinski definition) is 1. The van der Waals surface area contributed by atoms with E-state index in [0.717, 1.165) is 6.42 Å². The fourth-order valence-electron chi connectivity index (χ4n) is 3.03. The molecule has 1 saturated carbocycles. The molecule has 1 atom stereocenters. The number of azide groups is 1. The van der Waals surface area contributed by atoms with Gasteiger partial charge in [0.15, 0.2) is 0 Å². The molecular formula is C16H15N3. The zero-order valence-corrected chi connectivity index (χ0v) is 10.6. The SMILES string of the molecule is [N-]=[N+]=NCC1CC1(c1ccccc1)c1ccccc1. The van der Waals surface area contributed by atoms with Crippen molar-refractivity contribution in [2.75, 3.05) is 6.54 Å². The summed E-state index contributed by atoms with van der Waals surface area (Å²) in [5.41, 5.74) is 11.2. The van der Waals surface area contributed by atoms with Gasteiger partial charge in [-0.25, -0.2) is 0 Å². The fraction of sp³-hybridized carbons (Fsp3) is 0.250. The van der Waals surface area contributed by atoms with E-state index in [-0.39, 0.29) is 5.41 Å². The van der Waals surface area contributed by atoms with Crippen LogP contribution in [0.15, 0.2) is 65.8 Å². The molecule has 0 N–H and O–H groups in total. The van der Waals surface area contributed by atoms with Gasteiger partial charge in [-0.1, -0.05) is 65.8 Å². The number of nitrogens with zero attached hydrogens (tertiary/aromatic N) is 3. The van der Waals surface area contributed by atoms with Crippen LogP contribution in [0.1, 0.15) is 17.5 Å². The average Bonchev–Trinajstić information content (AvgIpc) is 3.23. The van der Waals surface area contributed by atoms with Crippen LogP contribution in [0.2, 0.25) is 0 Å². The van der Waals surface area contributed by atoms with Gasteiger partial charge in [0.25, 0.3) is 0 Å². The molecule has 2 aromatic carbocycles. The van der Waals surface area contributed by atoms with Crippen molar-refractivity contribution >= 4 is 0 Å². The van der Waals surface area contributed by atoms with Crippen LogP contribution < -0.4 is 0 Å². The second kappa shape index (κ2) is 4.79. The lowest BCUT2D eigenvalue weighted by atomic mass is 9.86. The van der Waals surface area contributed by atoms with E-state index >= 15 is 0 Å². The second-order valence-corrected chi connectivity index (χ2v) is 5.02. The molecule has 94 valence electrons. The lowest BCUT2D eigenvalue weighted by Gasteiger charge is -2.18. The van der Waals surface area contributed by atoms with E-state index < -0.39 is 0 Å². The van der Waals surface area contributed by atoms with Crippen LogP contribution in [0.3, 0.4) is 0 Å². The second-order valence-electron chi connectivity index (χ2n) is 5.02. The van der Waals surface area contributed by atoms with Crippen LogP contribution in [0.4, 0.5) is 0 Å². The standard InChI is InChI=1S/C16H15N3/c17-19-18-12-15-11-16(15,13-7-3-1-4-8-13)14-9-5-2-6-10-14/h1-10,15H,11-12H2. The monoisotopic (exact) mass is 249 g/mol. The Morgan fingerprint density at radius 1 is 1.00 bits per heavy atom. The molecule has 2 aromatic rings. The van der Waals surface area contributed by atoms with Crippen molar-refractivity contribution in [2.45, 2.75) is 11.8 Å². The first-order chi connectivity index (χ1) is 9.38. The summed E-state index contributed by atoms with van der Waals surface area (Å²) in [5.74, 6) is 0.410. The minimum Gasteiger partial charge on any atom is -0.0936 e. The van der Waals surface area contributed by atoms with Crippen LogP contribution in [-0.2, 0) is 5.41 Å². The smallest absolute Gasteiger partial charge is 0.0298 e. The van der Waals surface area contributed by atoms with Gasteiger partial charge in [-0.2, -0.15) is 0 Å². The molecule has 0 amide bonds. The Kier molecular flexibility index (Phi) is 2.98. The number of hydrogen-bond donors (Lipinski definition) is 0. The molecule has 0 radical (unpaired) electrons. The zero-order valence-electron chi connectivity index (χ0n) is 10.6. The van der Waals surface area contributed by atoms with Crippen LogP contribution in [0, 0.1) is 5.92 Å². The summed E-state index contributed by atoms with van der Waals surface area (Å²) >= 11 is 0. The molecule has 0 aromatic heterocycles. The quantitative estimate of drug-likeness (QED) is 0.440. The van der Waals surface area contributed by atoms with E-state index in [4.69, 9.17) is 5.53 Å². The molecule has 3 rings (SSSR count). The summed E-state index contributed by atoms with van der Waals surface area (Å²) in [6.07, 6.45) is 1.06. The summed E-state index contributed by atoms with van der Waals surface area (Å²) < 4.78 is 0. The van der Waals surface area contributed by atoms with Crippen LogP contribution in [0.25, 0.3) is 10.4 Å². The van der Waals surface area contributed by atoms with Crippen molar-refractivity contribution in [2.24, 2.45) is 11.0 Å². The van der Waals surface area contributed by atoms with Crippen molar-refractivity contribution in [1.29, 1.82) is 0 Å². The molecule has 19 heavy (non-hydrogen) atoms. The van der Waals surface area contributed by atoms with E-state index in [0.29, 0.717) is 12.5 Å². The number of benzene rings is 2. The van der Waals surface area contributed by atoms with Gasteiger partial charge in [0.05, 0.1) is 0 Å². The first kappa shape index (κ1) is 11.8. The van der Waals surface area contributed by atoms with E-state index in [1.54, 1.807) is 0 Å². The Morgan fingerprint density at radius 3 is 2.00 bits per heavy atom. The molecule has 3 nitrogen and oxygen atoms in total. The molecule has 0 spiro atoms. The molecule has 3 heteroatoms. The summed E-state index contributed by atoms with van der Waals surface area (Å²) in [5, 5.41) is 3.76. The topological polar surface area (TPSA) is 48.8 Å². The summed E-state index contributed by atoms with van der Waals surface area (Å²) in [4.78, 5) is 2.89. The largest absolute Gasteiger partial charge is 0.0936 e. The maximum Gasteiger partial charge on any atom is 0.0298 e. The molecule has 0 heterocycles. The average molecular weight is 249 g/mol. The zero-order chi connectivity index (χ0) is 13.1. The molecule has 0 aliphatic heterocycles. The van der Waals surface area contributed by atoms with Crippen LogP contribution in [0.5, 0.6) is 0 Å². The molecule has 1 fully saturated rings. The Balaban J connectivity index is 2.02. The van der Waals surface area contributed by atoms with E-state index in [1.807, 2.05) is 12.1 Å². The normalized spacial score (nSPS) is 19.5. The van der Waals surface area contributed by atoms with Crippen molar-refractivity contribution in [3.8, 4) is 0 Å².